The van der Waals surface area contributed by atoms with Gasteiger partial charge in [0.05, 0.1) is 0 Å². The third-order valence-corrected chi connectivity index (χ3v) is 2.70. The molecule has 0 radical (unpaired) electrons. The predicted molar refractivity (Wildman–Crippen MR) is 68.0 cm³/mol. The number of rotatable bonds is 2. The summed E-state index contributed by atoms with van der Waals surface area (Å²) in [4.78, 5) is 16.9. The molecule has 0 unspecified atom stereocenters. The number of benzene rings is 1. The lowest BCUT2D eigenvalue weighted by Crippen LogP contribution is -2.10. The number of aromatic nitrogens is 1. The molecule has 1 aromatic carbocycles. The van der Waals surface area contributed by atoms with Gasteiger partial charge in [0.15, 0.2) is 5.69 Å². The van der Waals surface area contributed by atoms with Crippen molar-refractivity contribution in [1.29, 1.82) is 0 Å². The highest BCUT2D eigenvalue weighted by molar-refractivity contribution is 6.30. The number of carboxylic acid groups (broad SMARTS) is 1. The minimum atomic E-state index is -1.08. The van der Waals surface area contributed by atoms with Crippen LogP contribution in [0.25, 0.3) is 10.8 Å². The average molecular weight is 251 g/mol. The van der Waals surface area contributed by atoms with Crippen LogP contribution in [0.2, 0.25) is 5.15 Å². The summed E-state index contributed by atoms with van der Waals surface area (Å²) in [6.45, 7) is 0. The van der Waals surface area contributed by atoms with Crippen LogP contribution in [0.15, 0.2) is 24.3 Å². The van der Waals surface area contributed by atoms with Gasteiger partial charge in [0.2, 0.25) is 0 Å². The number of aromatic carboxylic acids is 1. The van der Waals surface area contributed by atoms with Crippen molar-refractivity contribution in [2.45, 2.75) is 0 Å². The molecule has 0 atom stereocenters. The first-order chi connectivity index (χ1) is 8.00. The van der Waals surface area contributed by atoms with Crippen molar-refractivity contribution in [2.24, 2.45) is 0 Å². The molecule has 88 valence electrons. The quantitative estimate of drug-likeness (QED) is 0.833. The number of hydrogen-bond donors (Lipinski definition) is 1. The minimum Gasteiger partial charge on any atom is -0.476 e. The number of halogens is 1. The lowest BCUT2D eigenvalue weighted by molar-refractivity contribution is 0.0693. The molecule has 0 spiro atoms. The van der Waals surface area contributed by atoms with Gasteiger partial charge in [-0.15, -0.1) is 0 Å². The van der Waals surface area contributed by atoms with Crippen molar-refractivity contribution in [3.8, 4) is 0 Å². The molecule has 0 amide bonds. The molecule has 1 aromatic heterocycles. The third-order valence-electron chi connectivity index (χ3n) is 2.50. The van der Waals surface area contributed by atoms with Crippen LogP contribution >= 0.6 is 11.6 Å². The lowest BCUT2D eigenvalue weighted by Gasteiger charge is -2.16. The Balaban J connectivity index is 2.88. The van der Waals surface area contributed by atoms with Gasteiger partial charge in [-0.2, -0.15) is 0 Å². The fourth-order valence-electron chi connectivity index (χ4n) is 1.78. The van der Waals surface area contributed by atoms with Crippen LogP contribution in [0.3, 0.4) is 0 Å². The van der Waals surface area contributed by atoms with Crippen molar-refractivity contribution in [3.05, 3.63) is 35.1 Å². The zero-order chi connectivity index (χ0) is 12.6. The largest absolute Gasteiger partial charge is 0.476 e. The van der Waals surface area contributed by atoms with Crippen LogP contribution in [0.1, 0.15) is 10.5 Å². The van der Waals surface area contributed by atoms with Crippen LogP contribution in [-0.4, -0.2) is 30.2 Å². The summed E-state index contributed by atoms with van der Waals surface area (Å²) in [5, 5.41) is 10.7. The average Bonchev–Trinajstić information content (AvgIpc) is 2.26. The van der Waals surface area contributed by atoms with E-state index in [9.17, 15) is 4.79 Å². The highest BCUT2D eigenvalue weighted by atomic mass is 35.5. The van der Waals surface area contributed by atoms with Gasteiger partial charge in [-0.25, -0.2) is 9.78 Å². The Bertz CT molecular complexity index is 596. The number of pyridine rings is 1. The summed E-state index contributed by atoms with van der Waals surface area (Å²) in [5.74, 6) is -1.08. The maximum absolute atomic E-state index is 11.1. The topological polar surface area (TPSA) is 53.4 Å². The van der Waals surface area contributed by atoms with E-state index in [1.54, 1.807) is 18.2 Å². The number of anilines is 1. The Hall–Kier alpha value is -1.81. The first-order valence-electron chi connectivity index (χ1n) is 5.00. The highest BCUT2D eigenvalue weighted by Gasteiger charge is 2.14. The van der Waals surface area contributed by atoms with Crippen molar-refractivity contribution in [3.63, 3.8) is 0 Å². The first kappa shape index (κ1) is 11.7. The van der Waals surface area contributed by atoms with E-state index < -0.39 is 5.97 Å². The van der Waals surface area contributed by atoms with Crippen molar-refractivity contribution >= 4 is 34.0 Å². The second kappa shape index (κ2) is 4.22. The smallest absolute Gasteiger partial charge is 0.355 e. The van der Waals surface area contributed by atoms with Crippen LogP contribution in [0, 0.1) is 0 Å². The van der Waals surface area contributed by atoms with Gasteiger partial charge in [0.1, 0.15) is 5.15 Å². The molecule has 17 heavy (non-hydrogen) atoms. The van der Waals surface area contributed by atoms with Crippen LogP contribution in [0.4, 0.5) is 5.69 Å². The summed E-state index contributed by atoms with van der Waals surface area (Å²) in [6, 6.07) is 7.12. The number of carboxylic acids is 1. The maximum Gasteiger partial charge on any atom is 0.355 e. The summed E-state index contributed by atoms with van der Waals surface area (Å²) in [6.07, 6.45) is 0. The zero-order valence-electron chi connectivity index (χ0n) is 9.44. The molecular formula is C12H11ClN2O2. The minimum absolute atomic E-state index is 0.0174. The molecule has 1 heterocycles. The Labute approximate surface area is 103 Å². The highest BCUT2D eigenvalue weighted by Crippen LogP contribution is 2.29. The number of nitrogens with zero attached hydrogens (tertiary/aromatic N) is 2. The standard InChI is InChI=1S/C12H11ClN2O2/c1-15(2)9-5-3-4-7-8(9)6-10(13)14-11(7)12(16)17/h3-6H,1-2H3,(H,16,17). The Kier molecular flexibility index (Phi) is 2.90. The molecule has 4 nitrogen and oxygen atoms in total. The van der Waals surface area contributed by atoms with Gasteiger partial charge in [-0.1, -0.05) is 23.7 Å². The van der Waals surface area contributed by atoms with E-state index in [0.717, 1.165) is 11.1 Å². The molecule has 0 saturated heterocycles. The zero-order valence-corrected chi connectivity index (χ0v) is 10.2. The number of carbonyl (C=O) groups is 1. The van der Waals surface area contributed by atoms with E-state index in [4.69, 9.17) is 16.7 Å². The fraction of sp³-hybridized carbons (Fsp3) is 0.167. The number of hydrogen-bond acceptors (Lipinski definition) is 3. The fourth-order valence-corrected chi connectivity index (χ4v) is 1.98. The first-order valence-corrected chi connectivity index (χ1v) is 5.38. The maximum atomic E-state index is 11.1. The van der Waals surface area contributed by atoms with Crippen molar-refractivity contribution < 1.29 is 9.90 Å². The van der Waals surface area contributed by atoms with E-state index in [2.05, 4.69) is 4.98 Å². The predicted octanol–water partition coefficient (Wildman–Crippen LogP) is 2.65. The van der Waals surface area contributed by atoms with E-state index in [1.165, 1.54) is 0 Å². The molecule has 0 saturated carbocycles. The molecule has 5 heteroatoms. The second-order valence-corrected chi connectivity index (χ2v) is 4.25. The summed E-state index contributed by atoms with van der Waals surface area (Å²) >= 11 is 5.85. The molecule has 2 rings (SSSR count). The second-order valence-electron chi connectivity index (χ2n) is 3.87. The normalized spacial score (nSPS) is 10.5. The van der Waals surface area contributed by atoms with Gasteiger partial charge in [-0.3, -0.25) is 0 Å². The molecule has 1 N–H and O–H groups in total. The summed E-state index contributed by atoms with van der Waals surface area (Å²) < 4.78 is 0. The molecule has 0 bridgehead atoms. The van der Waals surface area contributed by atoms with E-state index in [1.807, 2.05) is 25.1 Å². The molecular weight excluding hydrogens is 240 g/mol. The van der Waals surface area contributed by atoms with Gasteiger partial charge in [0.25, 0.3) is 0 Å². The van der Waals surface area contributed by atoms with Crippen LogP contribution in [0.5, 0.6) is 0 Å². The van der Waals surface area contributed by atoms with Crippen molar-refractivity contribution in [2.75, 3.05) is 19.0 Å². The monoisotopic (exact) mass is 250 g/mol. The van der Waals surface area contributed by atoms with Gasteiger partial charge in [0, 0.05) is 30.6 Å². The van der Waals surface area contributed by atoms with E-state index >= 15 is 0 Å². The Morgan fingerprint density at radius 1 is 1.35 bits per heavy atom. The van der Waals surface area contributed by atoms with E-state index in [0.29, 0.717) is 5.39 Å². The molecule has 0 aliphatic heterocycles. The Morgan fingerprint density at radius 3 is 2.65 bits per heavy atom. The van der Waals surface area contributed by atoms with Gasteiger partial charge in [-0.05, 0) is 12.1 Å². The Morgan fingerprint density at radius 2 is 2.06 bits per heavy atom. The van der Waals surface area contributed by atoms with Gasteiger partial charge >= 0.3 is 5.97 Å². The van der Waals surface area contributed by atoms with Crippen LogP contribution in [-0.2, 0) is 0 Å². The van der Waals surface area contributed by atoms with Crippen LogP contribution < -0.4 is 4.90 Å². The van der Waals surface area contributed by atoms with Crippen molar-refractivity contribution in [1.82, 2.24) is 4.98 Å². The summed E-state index contributed by atoms with van der Waals surface area (Å²) in [7, 11) is 3.78. The van der Waals surface area contributed by atoms with Gasteiger partial charge < -0.3 is 10.0 Å². The van der Waals surface area contributed by atoms with E-state index in [-0.39, 0.29) is 10.8 Å². The summed E-state index contributed by atoms with van der Waals surface area (Å²) in [5.41, 5.74) is 0.894. The lowest BCUT2D eigenvalue weighted by atomic mass is 10.1. The SMILES string of the molecule is CN(C)c1cccc2c(C(=O)O)nc(Cl)cc12. The molecule has 2 aromatic rings. The molecule has 0 aliphatic rings. The third kappa shape index (κ3) is 2.03. The number of fused-ring (bicyclic) bond motifs is 1. The molecule has 0 fully saturated rings. The molecule has 0 aliphatic carbocycles.